The number of aromatic amines is 1. The summed E-state index contributed by atoms with van der Waals surface area (Å²) in [7, 11) is -4.09. The average molecular weight is 557 g/mol. The van der Waals surface area contributed by atoms with Gasteiger partial charge in [-0.25, -0.2) is 8.42 Å². The van der Waals surface area contributed by atoms with Gasteiger partial charge in [0.15, 0.2) is 5.69 Å². The second-order valence-corrected chi connectivity index (χ2v) is 10.1. The van der Waals surface area contributed by atoms with Gasteiger partial charge >= 0.3 is 0 Å². The first-order valence-corrected chi connectivity index (χ1v) is 12.8. The van der Waals surface area contributed by atoms with Gasteiger partial charge in [-0.3, -0.25) is 9.10 Å². The first-order valence-electron chi connectivity index (χ1n) is 10.5. The van der Waals surface area contributed by atoms with Crippen LogP contribution in [-0.4, -0.2) is 37.6 Å². The number of anilines is 1. The Morgan fingerprint density at radius 1 is 1.09 bits per heavy atom. The maximum Gasteiger partial charge on any atom is 0.285 e. The van der Waals surface area contributed by atoms with Crippen molar-refractivity contribution in [1.29, 1.82) is 0 Å². The molecule has 0 bridgehead atoms. The lowest BCUT2D eigenvalue weighted by molar-refractivity contribution is -0.116. The molecule has 1 amide bonds. The number of amides is 1. The number of carbonyl (C=O) groups is 1. The van der Waals surface area contributed by atoms with Gasteiger partial charge < -0.3 is 14.8 Å². The van der Waals surface area contributed by atoms with Crippen LogP contribution in [0.1, 0.15) is 6.92 Å². The zero-order valence-electron chi connectivity index (χ0n) is 18.6. The van der Waals surface area contributed by atoms with E-state index in [1.54, 1.807) is 60.7 Å². The molecule has 0 aliphatic carbocycles. The number of fused-ring (bicyclic) bond motifs is 1. The number of halogens is 1. The highest BCUT2D eigenvalue weighted by atomic mass is 79.9. The summed E-state index contributed by atoms with van der Waals surface area (Å²) in [5.74, 6) is -0.502. The zero-order valence-corrected chi connectivity index (χ0v) is 21.0. The van der Waals surface area contributed by atoms with Crippen LogP contribution in [0.3, 0.4) is 0 Å². The van der Waals surface area contributed by atoms with E-state index in [0.717, 1.165) is 8.78 Å². The quantitative estimate of drug-likeness (QED) is 0.275. The zero-order chi connectivity index (χ0) is 25.0. The Hall–Kier alpha value is -3.70. The van der Waals surface area contributed by atoms with Crippen molar-refractivity contribution in [2.75, 3.05) is 17.5 Å². The minimum Gasteiger partial charge on any atom is -0.494 e. The van der Waals surface area contributed by atoms with Crippen LogP contribution in [0.15, 0.2) is 92.4 Å². The van der Waals surface area contributed by atoms with Gasteiger partial charge in [0.05, 0.1) is 22.7 Å². The van der Waals surface area contributed by atoms with Crippen molar-refractivity contribution in [3.63, 3.8) is 0 Å². The molecule has 1 aromatic heterocycles. The van der Waals surface area contributed by atoms with E-state index >= 15 is 0 Å². The minimum absolute atomic E-state index is 0.0257. The average Bonchev–Trinajstić information content (AvgIpc) is 3.16. The summed E-state index contributed by atoms with van der Waals surface area (Å²) >= 11 is 3.36. The molecule has 11 heteroatoms. The predicted octanol–water partition coefficient (Wildman–Crippen LogP) is 5.54. The molecule has 0 aliphatic rings. The van der Waals surface area contributed by atoms with E-state index in [2.05, 4.69) is 31.1 Å². The van der Waals surface area contributed by atoms with E-state index in [-0.39, 0.29) is 22.2 Å². The minimum atomic E-state index is -4.09. The predicted molar refractivity (Wildman–Crippen MR) is 136 cm³/mol. The van der Waals surface area contributed by atoms with Crippen molar-refractivity contribution in [3.8, 4) is 11.6 Å². The van der Waals surface area contributed by atoms with Gasteiger partial charge in [-0.1, -0.05) is 34.1 Å². The highest BCUT2D eigenvalue weighted by Crippen LogP contribution is 2.37. The summed E-state index contributed by atoms with van der Waals surface area (Å²) in [5.41, 5.74) is 0.947. The van der Waals surface area contributed by atoms with Crippen molar-refractivity contribution < 1.29 is 23.1 Å². The summed E-state index contributed by atoms with van der Waals surface area (Å²) in [5, 5.41) is 18.3. The van der Waals surface area contributed by atoms with Crippen LogP contribution in [0.5, 0.6) is 11.6 Å². The van der Waals surface area contributed by atoms with Crippen LogP contribution in [0.2, 0.25) is 0 Å². The number of azo groups is 1. The first-order chi connectivity index (χ1) is 16.8. The normalized spacial score (nSPS) is 11.7. The highest BCUT2D eigenvalue weighted by Gasteiger charge is 2.27. The molecule has 35 heavy (non-hydrogen) atoms. The van der Waals surface area contributed by atoms with E-state index in [1.807, 2.05) is 6.92 Å². The number of hydrogen-bond donors (Lipinski definition) is 2. The van der Waals surface area contributed by atoms with E-state index in [4.69, 9.17) is 4.74 Å². The molecule has 0 atom stereocenters. The molecule has 0 spiro atoms. The van der Waals surface area contributed by atoms with Crippen LogP contribution in [0, 0.1) is 0 Å². The molecule has 2 N–H and O–H groups in total. The highest BCUT2D eigenvalue weighted by molar-refractivity contribution is 9.10. The molecule has 4 rings (SSSR count). The molecule has 0 aliphatic heterocycles. The Balaban J connectivity index is 1.66. The van der Waals surface area contributed by atoms with Crippen molar-refractivity contribution in [1.82, 2.24) is 4.98 Å². The van der Waals surface area contributed by atoms with Gasteiger partial charge in [0.2, 0.25) is 5.88 Å². The van der Waals surface area contributed by atoms with Crippen LogP contribution < -0.4 is 9.04 Å². The number of rotatable bonds is 8. The summed E-state index contributed by atoms with van der Waals surface area (Å²) in [6.07, 6.45) is 0. The van der Waals surface area contributed by atoms with Crippen LogP contribution in [0.25, 0.3) is 10.9 Å². The Bertz CT molecular complexity index is 1490. The van der Waals surface area contributed by atoms with Gasteiger partial charge in [-0.15, -0.1) is 10.2 Å². The summed E-state index contributed by atoms with van der Waals surface area (Å²) in [4.78, 5) is 15.6. The number of H-pyrrole nitrogens is 1. The molecule has 3 aromatic carbocycles. The number of carbonyl (C=O) groups excluding carboxylic acids is 1. The fraction of sp³-hybridized carbons (Fsp3) is 0.125. The van der Waals surface area contributed by atoms with Gasteiger partial charge in [-0.05, 0) is 61.5 Å². The second kappa shape index (κ2) is 10.3. The van der Waals surface area contributed by atoms with Crippen molar-refractivity contribution in [3.05, 3.63) is 77.3 Å². The van der Waals surface area contributed by atoms with Gasteiger partial charge in [0, 0.05) is 9.86 Å². The molecule has 0 radical (unpaired) electrons. The van der Waals surface area contributed by atoms with Gasteiger partial charge in [0.1, 0.15) is 12.3 Å². The monoisotopic (exact) mass is 556 g/mol. The third-order valence-corrected chi connectivity index (χ3v) is 7.30. The summed E-state index contributed by atoms with van der Waals surface area (Å²) in [6, 6.07) is 19.4. The second-order valence-electron chi connectivity index (χ2n) is 7.36. The third-order valence-electron chi connectivity index (χ3n) is 5.02. The largest absolute Gasteiger partial charge is 0.494 e. The van der Waals surface area contributed by atoms with Crippen LogP contribution in [-0.2, 0) is 14.8 Å². The Morgan fingerprint density at radius 2 is 1.80 bits per heavy atom. The molecule has 0 fully saturated rings. The lowest BCUT2D eigenvalue weighted by Gasteiger charge is -2.23. The molecule has 4 aromatic rings. The number of aromatic nitrogens is 1. The molecule has 0 saturated carbocycles. The number of nitrogens with one attached hydrogen (secondary N) is 1. The number of hydrogen-bond acceptors (Lipinski definition) is 6. The van der Waals surface area contributed by atoms with Crippen LogP contribution >= 0.6 is 15.9 Å². The van der Waals surface area contributed by atoms with Gasteiger partial charge in [0.25, 0.3) is 15.9 Å². The van der Waals surface area contributed by atoms with E-state index in [0.29, 0.717) is 23.3 Å². The smallest absolute Gasteiger partial charge is 0.285 e. The molecular formula is C24H21BrN4O5S. The lowest BCUT2D eigenvalue weighted by Crippen LogP contribution is -2.35. The van der Waals surface area contributed by atoms with Crippen molar-refractivity contribution >= 4 is 54.1 Å². The molecule has 180 valence electrons. The number of benzene rings is 3. The topological polar surface area (TPSA) is 124 Å². The number of aromatic hydroxyl groups is 1. The Morgan fingerprint density at radius 3 is 2.49 bits per heavy atom. The summed E-state index contributed by atoms with van der Waals surface area (Å²) in [6.45, 7) is 1.71. The fourth-order valence-electron chi connectivity index (χ4n) is 3.41. The molecular weight excluding hydrogens is 536 g/mol. The Kier molecular flexibility index (Phi) is 7.17. The molecule has 0 saturated heterocycles. The number of sulfonamides is 1. The summed E-state index contributed by atoms with van der Waals surface area (Å²) < 4.78 is 33.9. The van der Waals surface area contributed by atoms with Gasteiger partial charge in [-0.2, -0.15) is 0 Å². The maximum atomic E-state index is 13.4. The fourth-order valence-corrected chi connectivity index (χ4v) is 5.20. The molecule has 9 nitrogen and oxygen atoms in total. The van der Waals surface area contributed by atoms with Crippen molar-refractivity contribution in [2.24, 2.45) is 10.2 Å². The number of ether oxygens (including phenoxy) is 1. The molecule has 1 heterocycles. The third kappa shape index (κ3) is 5.36. The Labute approximate surface area is 210 Å². The lowest BCUT2D eigenvalue weighted by atomic mass is 10.2. The van der Waals surface area contributed by atoms with Crippen molar-refractivity contribution in [2.45, 2.75) is 11.8 Å². The van der Waals surface area contributed by atoms with E-state index in [1.165, 1.54) is 12.1 Å². The maximum absolute atomic E-state index is 13.4. The van der Waals surface area contributed by atoms with E-state index in [9.17, 15) is 18.3 Å². The first kappa shape index (κ1) is 24.4. The number of nitrogens with zero attached hydrogens (tertiary/aromatic N) is 3. The SMILES string of the molecule is CCOc1ccc(N(CC(=O)N=Nc2c(O)[nH]c3ccc(Br)cc23)S(=O)(=O)c2ccccc2)cc1. The van der Waals surface area contributed by atoms with Crippen LogP contribution in [0.4, 0.5) is 11.4 Å². The van der Waals surface area contributed by atoms with E-state index < -0.39 is 22.5 Å². The standard InChI is InChI=1S/C24H21BrN4O5S/c1-2-34-18-11-9-17(10-12-18)29(35(32,33)19-6-4-3-5-7-19)15-22(30)27-28-23-20-14-16(25)8-13-21(20)26-24(23)31/h3-14,26,31H,2,15H2,1H3. The molecule has 0 unspecified atom stereocenters.